The average Bonchev–Trinajstić information content (AvgIpc) is 2.49. The van der Waals surface area contributed by atoms with Crippen LogP contribution in [-0.2, 0) is 11.2 Å². The van der Waals surface area contributed by atoms with Crippen LogP contribution in [0.5, 0.6) is 5.75 Å². The zero-order chi connectivity index (χ0) is 14.6. The van der Waals surface area contributed by atoms with E-state index in [4.69, 9.17) is 4.74 Å². The van der Waals surface area contributed by atoms with Crippen molar-refractivity contribution in [1.82, 2.24) is 5.32 Å². The highest BCUT2D eigenvalue weighted by Gasteiger charge is 2.02. The normalized spacial score (nSPS) is 10.3. The molecule has 0 aliphatic heterocycles. The molecule has 3 nitrogen and oxygen atoms in total. The fourth-order valence-electron chi connectivity index (χ4n) is 1.98. The van der Waals surface area contributed by atoms with E-state index in [2.05, 4.69) is 19.2 Å². The lowest BCUT2D eigenvalue weighted by Crippen LogP contribution is -2.29. The molecule has 0 bridgehead atoms. The summed E-state index contributed by atoms with van der Waals surface area (Å²) < 4.78 is 5.45. The SMILES string of the molecule is CCCCCCCNC(=O)COc1ccc(CC)cc1. The van der Waals surface area contributed by atoms with Gasteiger partial charge in [-0.1, -0.05) is 51.7 Å². The van der Waals surface area contributed by atoms with E-state index in [9.17, 15) is 4.79 Å². The first-order valence-electron chi connectivity index (χ1n) is 7.74. The highest BCUT2D eigenvalue weighted by Crippen LogP contribution is 2.12. The summed E-state index contributed by atoms with van der Waals surface area (Å²) in [6.07, 6.45) is 7.04. The van der Waals surface area contributed by atoms with Gasteiger partial charge in [-0.3, -0.25) is 4.79 Å². The van der Waals surface area contributed by atoms with Crippen LogP contribution in [0.3, 0.4) is 0 Å². The van der Waals surface area contributed by atoms with Gasteiger partial charge in [-0.2, -0.15) is 0 Å². The van der Waals surface area contributed by atoms with Crippen molar-refractivity contribution in [2.75, 3.05) is 13.2 Å². The van der Waals surface area contributed by atoms with E-state index < -0.39 is 0 Å². The van der Waals surface area contributed by atoms with Crippen molar-refractivity contribution in [1.29, 1.82) is 0 Å². The van der Waals surface area contributed by atoms with Crippen LogP contribution in [-0.4, -0.2) is 19.1 Å². The predicted octanol–water partition coefficient (Wildman–Crippen LogP) is 3.71. The molecule has 0 aromatic heterocycles. The van der Waals surface area contributed by atoms with Crippen LogP contribution in [0.1, 0.15) is 51.5 Å². The smallest absolute Gasteiger partial charge is 0.257 e. The van der Waals surface area contributed by atoms with Crippen LogP contribution in [0, 0.1) is 0 Å². The second kappa shape index (κ2) is 10.3. The van der Waals surface area contributed by atoms with Gasteiger partial charge in [0.25, 0.3) is 5.91 Å². The molecule has 0 unspecified atom stereocenters. The highest BCUT2D eigenvalue weighted by molar-refractivity contribution is 5.77. The molecule has 0 heterocycles. The largest absolute Gasteiger partial charge is 0.484 e. The highest BCUT2D eigenvalue weighted by atomic mass is 16.5. The van der Waals surface area contributed by atoms with Crippen LogP contribution in [0.25, 0.3) is 0 Å². The number of hydrogen-bond donors (Lipinski definition) is 1. The van der Waals surface area contributed by atoms with Crippen LogP contribution in [0.4, 0.5) is 0 Å². The van der Waals surface area contributed by atoms with E-state index in [1.807, 2.05) is 24.3 Å². The maximum atomic E-state index is 11.6. The van der Waals surface area contributed by atoms with E-state index in [0.29, 0.717) is 0 Å². The standard InChI is InChI=1S/C17H27NO2/c1-3-5-6-7-8-13-18-17(19)14-20-16-11-9-15(4-2)10-12-16/h9-12H,3-8,13-14H2,1-2H3,(H,18,19). The van der Waals surface area contributed by atoms with Gasteiger partial charge in [-0.05, 0) is 30.5 Å². The maximum absolute atomic E-state index is 11.6. The summed E-state index contributed by atoms with van der Waals surface area (Å²) in [6, 6.07) is 7.88. The summed E-state index contributed by atoms with van der Waals surface area (Å²) in [5.74, 6) is 0.709. The summed E-state index contributed by atoms with van der Waals surface area (Å²) in [6.45, 7) is 5.16. The zero-order valence-electron chi connectivity index (χ0n) is 12.8. The Bertz CT molecular complexity index is 373. The quantitative estimate of drug-likeness (QED) is 0.662. The van der Waals surface area contributed by atoms with Crippen molar-refractivity contribution in [3.8, 4) is 5.75 Å². The second-order valence-electron chi connectivity index (χ2n) is 5.05. The molecule has 0 aliphatic carbocycles. The number of unbranched alkanes of at least 4 members (excludes halogenated alkanes) is 4. The number of hydrogen-bond acceptors (Lipinski definition) is 2. The van der Waals surface area contributed by atoms with Gasteiger partial charge in [-0.15, -0.1) is 0 Å². The number of benzene rings is 1. The Morgan fingerprint density at radius 2 is 1.75 bits per heavy atom. The van der Waals surface area contributed by atoms with E-state index in [0.717, 1.165) is 25.1 Å². The van der Waals surface area contributed by atoms with Crippen LogP contribution < -0.4 is 10.1 Å². The van der Waals surface area contributed by atoms with Crippen LogP contribution >= 0.6 is 0 Å². The number of ether oxygens (including phenoxy) is 1. The van der Waals surface area contributed by atoms with E-state index >= 15 is 0 Å². The van der Waals surface area contributed by atoms with Crippen molar-refractivity contribution in [2.24, 2.45) is 0 Å². The summed E-state index contributed by atoms with van der Waals surface area (Å²) in [5.41, 5.74) is 1.27. The molecule has 1 N–H and O–H groups in total. The van der Waals surface area contributed by atoms with Crippen LogP contribution in [0.2, 0.25) is 0 Å². The maximum Gasteiger partial charge on any atom is 0.257 e. The molecule has 0 atom stereocenters. The minimum Gasteiger partial charge on any atom is -0.484 e. The minimum absolute atomic E-state index is 0.0416. The molecule has 0 saturated carbocycles. The molecular weight excluding hydrogens is 250 g/mol. The van der Waals surface area contributed by atoms with Crippen molar-refractivity contribution < 1.29 is 9.53 Å². The minimum atomic E-state index is -0.0416. The first-order chi connectivity index (χ1) is 9.76. The lowest BCUT2D eigenvalue weighted by atomic mass is 10.1. The van der Waals surface area contributed by atoms with E-state index in [1.165, 1.54) is 31.2 Å². The molecule has 0 radical (unpaired) electrons. The first-order valence-corrected chi connectivity index (χ1v) is 7.74. The number of carbonyl (C=O) groups is 1. The van der Waals surface area contributed by atoms with Gasteiger partial charge in [0.2, 0.25) is 0 Å². The third-order valence-corrected chi connectivity index (χ3v) is 3.30. The van der Waals surface area contributed by atoms with Gasteiger partial charge < -0.3 is 10.1 Å². The molecule has 1 aromatic rings. The lowest BCUT2D eigenvalue weighted by molar-refractivity contribution is -0.123. The van der Waals surface area contributed by atoms with Gasteiger partial charge >= 0.3 is 0 Å². The third-order valence-electron chi connectivity index (χ3n) is 3.30. The Labute approximate surface area is 122 Å². The number of amides is 1. The van der Waals surface area contributed by atoms with E-state index in [1.54, 1.807) is 0 Å². The summed E-state index contributed by atoms with van der Waals surface area (Å²) >= 11 is 0. The molecule has 0 saturated heterocycles. The van der Waals surface area contributed by atoms with E-state index in [-0.39, 0.29) is 12.5 Å². The summed E-state index contributed by atoms with van der Waals surface area (Å²) in [4.78, 5) is 11.6. The molecule has 1 rings (SSSR count). The summed E-state index contributed by atoms with van der Waals surface area (Å²) in [5, 5.41) is 2.89. The van der Waals surface area contributed by atoms with Gasteiger partial charge in [0.15, 0.2) is 6.61 Å². The lowest BCUT2D eigenvalue weighted by Gasteiger charge is -2.08. The molecule has 1 amide bonds. The predicted molar refractivity (Wildman–Crippen MR) is 83.1 cm³/mol. The Hall–Kier alpha value is -1.51. The molecule has 0 fully saturated rings. The topological polar surface area (TPSA) is 38.3 Å². The van der Waals surface area contributed by atoms with Gasteiger partial charge in [0, 0.05) is 6.54 Å². The molecule has 0 aliphatic rings. The van der Waals surface area contributed by atoms with Crippen molar-refractivity contribution in [3.63, 3.8) is 0 Å². The Morgan fingerprint density at radius 3 is 2.40 bits per heavy atom. The Kier molecular flexibility index (Phi) is 8.52. The Balaban J connectivity index is 2.10. The number of rotatable bonds is 10. The first kappa shape index (κ1) is 16.5. The fraction of sp³-hybridized carbons (Fsp3) is 0.588. The van der Waals surface area contributed by atoms with Gasteiger partial charge in [-0.25, -0.2) is 0 Å². The fourth-order valence-corrected chi connectivity index (χ4v) is 1.98. The molecular formula is C17H27NO2. The molecule has 0 spiro atoms. The van der Waals surface area contributed by atoms with Gasteiger partial charge in [0.05, 0.1) is 0 Å². The molecule has 3 heteroatoms. The number of nitrogens with one attached hydrogen (secondary N) is 1. The van der Waals surface area contributed by atoms with Crippen molar-refractivity contribution >= 4 is 5.91 Å². The number of carbonyl (C=O) groups excluding carboxylic acids is 1. The third kappa shape index (κ3) is 7.17. The zero-order valence-corrected chi connectivity index (χ0v) is 12.8. The van der Waals surface area contributed by atoms with Crippen molar-refractivity contribution in [2.45, 2.75) is 52.4 Å². The van der Waals surface area contributed by atoms with Gasteiger partial charge in [0.1, 0.15) is 5.75 Å². The summed E-state index contributed by atoms with van der Waals surface area (Å²) in [7, 11) is 0. The number of aryl methyl sites for hydroxylation is 1. The monoisotopic (exact) mass is 277 g/mol. The molecule has 20 heavy (non-hydrogen) atoms. The van der Waals surface area contributed by atoms with Crippen molar-refractivity contribution in [3.05, 3.63) is 29.8 Å². The average molecular weight is 277 g/mol. The Morgan fingerprint density at radius 1 is 1.05 bits per heavy atom. The second-order valence-corrected chi connectivity index (χ2v) is 5.05. The molecule has 112 valence electrons. The molecule has 1 aromatic carbocycles. The van der Waals surface area contributed by atoms with Crippen LogP contribution in [0.15, 0.2) is 24.3 Å².